The lowest BCUT2D eigenvalue weighted by Gasteiger charge is -2.35. The molecule has 1 aromatic heterocycles. The molecule has 6 heteroatoms. The molecule has 0 aliphatic rings. The number of sulfone groups is 1. The second-order valence-corrected chi connectivity index (χ2v) is 9.36. The van der Waals surface area contributed by atoms with Crippen LogP contribution in [0.15, 0.2) is 30.3 Å². The molecule has 1 amide bonds. The number of hydrogen-bond acceptors (Lipinski definition) is 4. The summed E-state index contributed by atoms with van der Waals surface area (Å²) in [5, 5.41) is 1.01. The van der Waals surface area contributed by atoms with Crippen LogP contribution in [0.25, 0.3) is 10.9 Å². The van der Waals surface area contributed by atoms with Crippen molar-refractivity contribution in [2.45, 2.75) is 33.2 Å². The standard InChI is InChI=1S/C18H24N2O3S/c1-13-12-16(19-15-9-7-6-8-14(13)15)17(21)20(18(2,3)4)10-11-24(5,22)23/h6-9,12H,10-11H2,1-5H3. The van der Waals surface area contributed by atoms with E-state index < -0.39 is 15.4 Å². The lowest BCUT2D eigenvalue weighted by Crippen LogP contribution is -2.48. The number of amides is 1. The van der Waals surface area contributed by atoms with Gasteiger partial charge < -0.3 is 4.90 Å². The third kappa shape index (κ3) is 4.32. The van der Waals surface area contributed by atoms with E-state index >= 15 is 0 Å². The number of fused-ring (bicyclic) bond motifs is 1. The fourth-order valence-corrected chi connectivity index (χ4v) is 3.11. The van der Waals surface area contributed by atoms with Gasteiger partial charge in [-0.25, -0.2) is 13.4 Å². The largest absolute Gasteiger partial charge is 0.331 e. The zero-order chi connectivity index (χ0) is 18.1. The molecule has 0 radical (unpaired) electrons. The molecule has 2 rings (SSSR count). The number of aryl methyl sites for hydroxylation is 1. The molecule has 0 bridgehead atoms. The fourth-order valence-electron chi connectivity index (χ4n) is 2.60. The highest BCUT2D eigenvalue weighted by Crippen LogP contribution is 2.21. The maximum Gasteiger partial charge on any atom is 0.272 e. The molecular formula is C18H24N2O3S. The van der Waals surface area contributed by atoms with Gasteiger partial charge in [-0.3, -0.25) is 4.79 Å². The Labute approximate surface area is 143 Å². The summed E-state index contributed by atoms with van der Waals surface area (Å²) in [5.41, 5.74) is 1.58. The SMILES string of the molecule is Cc1cc(C(=O)N(CCS(C)(=O)=O)C(C)(C)C)nc2ccccc12. The predicted molar refractivity (Wildman–Crippen MR) is 97.0 cm³/mol. The van der Waals surface area contributed by atoms with Gasteiger partial charge in [-0.05, 0) is 45.4 Å². The highest BCUT2D eigenvalue weighted by molar-refractivity contribution is 7.90. The van der Waals surface area contributed by atoms with Crippen molar-refractivity contribution in [2.75, 3.05) is 18.6 Å². The average Bonchev–Trinajstić information content (AvgIpc) is 2.44. The summed E-state index contributed by atoms with van der Waals surface area (Å²) in [7, 11) is -3.15. The number of aromatic nitrogens is 1. The van der Waals surface area contributed by atoms with Crippen LogP contribution in [0.1, 0.15) is 36.8 Å². The van der Waals surface area contributed by atoms with Crippen molar-refractivity contribution < 1.29 is 13.2 Å². The molecule has 0 spiro atoms. The van der Waals surface area contributed by atoms with Crippen LogP contribution in [-0.4, -0.2) is 48.3 Å². The Morgan fingerprint density at radius 2 is 1.83 bits per heavy atom. The Morgan fingerprint density at radius 3 is 2.42 bits per heavy atom. The van der Waals surface area contributed by atoms with Crippen LogP contribution in [-0.2, 0) is 9.84 Å². The van der Waals surface area contributed by atoms with E-state index in [4.69, 9.17) is 0 Å². The molecule has 1 aromatic carbocycles. The zero-order valence-electron chi connectivity index (χ0n) is 14.8. The number of carbonyl (C=O) groups is 1. The van der Waals surface area contributed by atoms with Crippen molar-refractivity contribution in [3.8, 4) is 0 Å². The van der Waals surface area contributed by atoms with Gasteiger partial charge in [-0.1, -0.05) is 18.2 Å². The summed E-state index contributed by atoms with van der Waals surface area (Å²) in [6.45, 7) is 7.76. The smallest absolute Gasteiger partial charge is 0.272 e. The average molecular weight is 348 g/mol. The van der Waals surface area contributed by atoms with Crippen LogP contribution in [0, 0.1) is 6.92 Å². The van der Waals surface area contributed by atoms with E-state index in [1.165, 1.54) is 6.26 Å². The third-order valence-corrected chi connectivity index (χ3v) is 4.81. The van der Waals surface area contributed by atoms with Gasteiger partial charge in [0, 0.05) is 23.7 Å². The second-order valence-electron chi connectivity index (χ2n) is 7.10. The van der Waals surface area contributed by atoms with Crippen LogP contribution < -0.4 is 0 Å². The Balaban J connectivity index is 2.42. The van der Waals surface area contributed by atoms with Gasteiger partial charge in [-0.2, -0.15) is 0 Å². The molecular weight excluding hydrogens is 324 g/mol. The summed E-state index contributed by atoms with van der Waals surface area (Å²) >= 11 is 0. The molecule has 130 valence electrons. The Kier molecular flexibility index (Phi) is 4.99. The summed E-state index contributed by atoms with van der Waals surface area (Å²) in [6.07, 6.45) is 1.18. The quantitative estimate of drug-likeness (QED) is 0.852. The van der Waals surface area contributed by atoms with Gasteiger partial charge >= 0.3 is 0 Å². The monoisotopic (exact) mass is 348 g/mol. The minimum atomic E-state index is -3.15. The molecule has 0 saturated carbocycles. The van der Waals surface area contributed by atoms with Crippen LogP contribution >= 0.6 is 0 Å². The highest BCUT2D eigenvalue weighted by atomic mass is 32.2. The first-order valence-corrected chi connectivity index (χ1v) is 9.91. The number of pyridine rings is 1. The molecule has 1 heterocycles. The first kappa shape index (κ1) is 18.4. The maximum atomic E-state index is 13.0. The molecule has 0 N–H and O–H groups in total. The third-order valence-electron chi connectivity index (χ3n) is 3.88. The molecule has 0 aliphatic heterocycles. The maximum absolute atomic E-state index is 13.0. The first-order chi connectivity index (χ1) is 11.0. The van der Waals surface area contributed by atoms with Crippen molar-refractivity contribution in [3.63, 3.8) is 0 Å². The topological polar surface area (TPSA) is 67.3 Å². The molecule has 0 saturated heterocycles. The number of nitrogens with zero attached hydrogens (tertiary/aromatic N) is 2. The number of rotatable bonds is 4. The van der Waals surface area contributed by atoms with Gasteiger partial charge in [0.15, 0.2) is 0 Å². The lowest BCUT2D eigenvalue weighted by molar-refractivity contribution is 0.0595. The zero-order valence-corrected chi connectivity index (χ0v) is 15.6. The fraction of sp³-hybridized carbons (Fsp3) is 0.444. The van der Waals surface area contributed by atoms with Crippen molar-refractivity contribution in [3.05, 3.63) is 41.6 Å². The Bertz CT molecular complexity index is 867. The van der Waals surface area contributed by atoms with Gasteiger partial charge in [-0.15, -0.1) is 0 Å². The van der Waals surface area contributed by atoms with Crippen LogP contribution in [0.4, 0.5) is 0 Å². The molecule has 5 nitrogen and oxygen atoms in total. The minimum Gasteiger partial charge on any atom is -0.331 e. The van der Waals surface area contributed by atoms with Gasteiger partial charge in [0.1, 0.15) is 15.5 Å². The van der Waals surface area contributed by atoms with E-state index in [9.17, 15) is 13.2 Å². The molecule has 0 aliphatic carbocycles. The van der Waals surface area contributed by atoms with Crippen LogP contribution in [0.3, 0.4) is 0 Å². The summed E-state index contributed by atoms with van der Waals surface area (Å²) in [5.74, 6) is -0.317. The molecule has 0 fully saturated rings. The van der Waals surface area contributed by atoms with Crippen molar-refractivity contribution in [2.24, 2.45) is 0 Å². The number of para-hydroxylation sites is 1. The van der Waals surface area contributed by atoms with Crippen LogP contribution in [0.5, 0.6) is 0 Å². The van der Waals surface area contributed by atoms with E-state index in [1.807, 2.05) is 52.0 Å². The van der Waals surface area contributed by atoms with Crippen LogP contribution in [0.2, 0.25) is 0 Å². The lowest BCUT2D eigenvalue weighted by atomic mass is 10.0. The van der Waals surface area contributed by atoms with E-state index in [0.29, 0.717) is 5.69 Å². The summed E-state index contributed by atoms with van der Waals surface area (Å²) in [6, 6.07) is 9.43. The van der Waals surface area contributed by atoms with Crippen molar-refractivity contribution >= 4 is 26.6 Å². The minimum absolute atomic E-state index is 0.0669. The molecule has 24 heavy (non-hydrogen) atoms. The van der Waals surface area contributed by atoms with Gasteiger partial charge in [0.05, 0.1) is 11.3 Å². The van der Waals surface area contributed by atoms with E-state index in [2.05, 4.69) is 4.98 Å². The first-order valence-electron chi connectivity index (χ1n) is 7.85. The molecule has 2 aromatic rings. The molecule has 0 atom stereocenters. The number of carbonyl (C=O) groups excluding carboxylic acids is 1. The van der Waals surface area contributed by atoms with E-state index in [-0.39, 0.29) is 18.2 Å². The van der Waals surface area contributed by atoms with Gasteiger partial charge in [0.25, 0.3) is 5.91 Å². The Morgan fingerprint density at radius 1 is 1.21 bits per heavy atom. The van der Waals surface area contributed by atoms with Crippen molar-refractivity contribution in [1.82, 2.24) is 9.88 Å². The molecule has 0 unspecified atom stereocenters. The normalized spacial score (nSPS) is 12.4. The summed E-state index contributed by atoms with van der Waals surface area (Å²) < 4.78 is 23.0. The van der Waals surface area contributed by atoms with E-state index in [1.54, 1.807) is 11.0 Å². The highest BCUT2D eigenvalue weighted by Gasteiger charge is 2.29. The summed E-state index contributed by atoms with van der Waals surface area (Å²) in [4.78, 5) is 19.0. The van der Waals surface area contributed by atoms with Gasteiger partial charge in [0.2, 0.25) is 0 Å². The predicted octanol–water partition coefficient (Wildman–Crippen LogP) is 2.83. The number of benzene rings is 1. The van der Waals surface area contributed by atoms with Crippen molar-refractivity contribution in [1.29, 1.82) is 0 Å². The van der Waals surface area contributed by atoms with E-state index in [0.717, 1.165) is 16.5 Å². The number of hydrogen-bond donors (Lipinski definition) is 0. The Hall–Kier alpha value is -1.95. The second kappa shape index (κ2) is 6.51.